The molecule has 0 saturated carbocycles. The van der Waals surface area contributed by atoms with Gasteiger partial charge in [0.15, 0.2) is 11.7 Å². The Bertz CT molecular complexity index is 923. The number of aromatic nitrogens is 1. The molecule has 6 nitrogen and oxygen atoms in total. The van der Waals surface area contributed by atoms with Crippen LogP contribution in [0.25, 0.3) is 11.3 Å². The van der Waals surface area contributed by atoms with E-state index in [2.05, 4.69) is 20.4 Å². The number of hydrogen-bond acceptors (Lipinski definition) is 4. The zero-order valence-corrected chi connectivity index (χ0v) is 19.4. The van der Waals surface area contributed by atoms with Gasteiger partial charge in [-0.25, -0.2) is 0 Å². The minimum atomic E-state index is 0. The van der Waals surface area contributed by atoms with Crippen LogP contribution in [0, 0.1) is 0 Å². The van der Waals surface area contributed by atoms with Gasteiger partial charge >= 0.3 is 0 Å². The number of piperidine rings is 1. The summed E-state index contributed by atoms with van der Waals surface area (Å²) in [5, 5.41) is 7.57. The van der Waals surface area contributed by atoms with Gasteiger partial charge in [0.2, 0.25) is 0 Å². The first-order valence-electron chi connectivity index (χ1n) is 10.00. The molecule has 30 heavy (non-hydrogen) atoms. The fraction of sp³-hybridized carbons (Fsp3) is 0.304. The first-order chi connectivity index (χ1) is 14.3. The zero-order chi connectivity index (χ0) is 19.9. The van der Waals surface area contributed by atoms with Crippen LogP contribution in [-0.2, 0) is 6.54 Å². The Morgan fingerprint density at radius 3 is 2.43 bits per heavy atom. The van der Waals surface area contributed by atoms with Crippen molar-refractivity contribution in [3.05, 3.63) is 72.4 Å². The van der Waals surface area contributed by atoms with Crippen LogP contribution in [0.1, 0.15) is 18.5 Å². The number of ether oxygens (including phenoxy) is 1. The van der Waals surface area contributed by atoms with Crippen molar-refractivity contribution < 1.29 is 9.26 Å². The fourth-order valence-corrected chi connectivity index (χ4v) is 3.51. The van der Waals surface area contributed by atoms with E-state index in [1.54, 1.807) is 0 Å². The minimum absolute atomic E-state index is 0. The van der Waals surface area contributed by atoms with Crippen molar-refractivity contribution in [1.29, 1.82) is 0 Å². The Morgan fingerprint density at radius 1 is 1.10 bits per heavy atom. The molecule has 1 N–H and O–H groups in total. The molecule has 1 aromatic heterocycles. The van der Waals surface area contributed by atoms with Gasteiger partial charge in [0.25, 0.3) is 0 Å². The molecule has 2 aromatic carbocycles. The maximum Gasteiger partial charge on any atom is 0.193 e. The molecule has 0 bridgehead atoms. The summed E-state index contributed by atoms with van der Waals surface area (Å²) in [5.41, 5.74) is 1.88. The molecule has 0 spiro atoms. The van der Waals surface area contributed by atoms with Gasteiger partial charge in [-0.15, -0.1) is 24.0 Å². The van der Waals surface area contributed by atoms with Crippen molar-refractivity contribution >= 4 is 29.9 Å². The zero-order valence-electron chi connectivity index (χ0n) is 17.0. The number of hydrogen-bond donors (Lipinski definition) is 1. The van der Waals surface area contributed by atoms with Gasteiger partial charge in [0, 0.05) is 44.6 Å². The quantitative estimate of drug-likeness (QED) is 0.305. The van der Waals surface area contributed by atoms with E-state index in [0.29, 0.717) is 6.54 Å². The molecule has 0 unspecified atom stereocenters. The van der Waals surface area contributed by atoms with Crippen molar-refractivity contribution in [3.63, 3.8) is 0 Å². The van der Waals surface area contributed by atoms with Gasteiger partial charge in [-0.3, -0.25) is 4.99 Å². The minimum Gasteiger partial charge on any atom is -0.490 e. The summed E-state index contributed by atoms with van der Waals surface area (Å²) in [4.78, 5) is 6.70. The summed E-state index contributed by atoms with van der Waals surface area (Å²) in [6.45, 7) is 2.39. The third-order valence-electron chi connectivity index (χ3n) is 5.04. The molecule has 0 atom stereocenters. The van der Waals surface area contributed by atoms with Crippen molar-refractivity contribution in [1.82, 2.24) is 15.4 Å². The molecule has 7 heteroatoms. The average molecular weight is 518 g/mol. The highest BCUT2D eigenvalue weighted by molar-refractivity contribution is 14.0. The molecular weight excluding hydrogens is 491 g/mol. The summed E-state index contributed by atoms with van der Waals surface area (Å²) in [5.74, 6) is 2.59. The molecule has 2 heterocycles. The molecular formula is C23H27IN4O2. The van der Waals surface area contributed by atoms with Crippen LogP contribution in [0.3, 0.4) is 0 Å². The van der Waals surface area contributed by atoms with Gasteiger partial charge in [0.05, 0.1) is 6.54 Å². The fourth-order valence-electron chi connectivity index (χ4n) is 3.51. The van der Waals surface area contributed by atoms with E-state index >= 15 is 0 Å². The lowest BCUT2D eigenvalue weighted by molar-refractivity contribution is 0.129. The van der Waals surface area contributed by atoms with Crippen LogP contribution in [-0.4, -0.2) is 42.3 Å². The summed E-state index contributed by atoms with van der Waals surface area (Å²) in [7, 11) is 1.81. The molecule has 0 amide bonds. The Hall–Kier alpha value is -2.55. The van der Waals surface area contributed by atoms with Crippen LogP contribution in [0.4, 0.5) is 0 Å². The van der Waals surface area contributed by atoms with Crippen molar-refractivity contribution in [2.24, 2.45) is 4.99 Å². The van der Waals surface area contributed by atoms with Gasteiger partial charge in [-0.05, 0) is 12.1 Å². The second-order valence-corrected chi connectivity index (χ2v) is 7.07. The van der Waals surface area contributed by atoms with E-state index in [1.165, 1.54) is 0 Å². The van der Waals surface area contributed by atoms with Crippen LogP contribution in [0.15, 0.2) is 76.2 Å². The molecule has 1 aliphatic heterocycles. The Morgan fingerprint density at radius 2 is 1.77 bits per heavy atom. The van der Waals surface area contributed by atoms with Gasteiger partial charge < -0.3 is 19.5 Å². The van der Waals surface area contributed by atoms with E-state index in [4.69, 9.17) is 9.26 Å². The van der Waals surface area contributed by atoms with E-state index < -0.39 is 0 Å². The number of aliphatic imine (C=N–C) groups is 1. The summed E-state index contributed by atoms with van der Waals surface area (Å²) in [6, 6.07) is 22.0. The van der Waals surface area contributed by atoms with Crippen molar-refractivity contribution in [3.8, 4) is 17.1 Å². The summed E-state index contributed by atoms with van der Waals surface area (Å²) >= 11 is 0. The number of nitrogens with zero attached hydrogens (tertiary/aromatic N) is 3. The lowest BCUT2D eigenvalue weighted by Crippen LogP contribution is -2.47. The summed E-state index contributed by atoms with van der Waals surface area (Å²) in [6.07, 6.45) is 2.19. The number of likely N-dealkylation sites (tertiary alicyclic amines) is 1. The van der Waals surface area contributed by atoms with Gasteiger partial charge in [-0.2, -0.15) is 0 Å². The SMILES string of the molecule is CN=C(NCc1cc(-c2ccccc2)on1)N1CCC(Oc2ccccc2)CC1.I. The van der Waals surface area contributed by atoms with E-state index in [0.717, 1.165) is 54.7 Å². The number of halogens is 1. The molecule has 3 aromatic rings. The van der Waals surface area contributed by atoms with Crippen molar-refractivity contribution in [2.45, 2.75) is 25.5 Å². The summed E-state index contributed by atoms with van der Waals surface area (Å²) < 4.78 is 11.6. The highest BCUT2D eigenvalue weighted by Gasteiger charge is 2.22. The number of guanidine groups is 1. The number of nitrogens with one attached hydrogen (secondary N) is 1. The molecule has 4 rings (SSSR count). The molecule has 0 aliphatic carbocycles. The van der Waals surface area contributed by atoms with Gasteiger partial charge in [0.1, 0.15) is 17.5 Å². The van der Waals surface area contributed by atoms with Crippen LogP contribution in [0.5, 0.6) is 5.75 Å². The van der Waals surface area contributed by atoms with Crippen LogP contribution < -0.4 is 10.1 Å². The maximum atomic E-state index is 6.08. The lowest BCUT2D eigenvalue weighted by Gasteiger charge is -2.34. The van der Waals surface area contributed by atoms with E-state index in [-0.39, 0.29) is 30.1 Å². The highest BCUT2D eigenvalue weighted by atomic mass is 127. The predicted octanol–water partition coefficient (Wildman–Crippen LogP) is 4.58. The molecule has 158 valence electrons. The lowest BCUT2D eigenvalue weighted by atomic mass is 10.1. The second kappa shape index (κ2) is 11.0. The highest BCUT2D eigenvalue weighted by Crippen LogP contribution is 2.20. The topological polar surface area (TPSA) is 62.9 Å². The molecule has 0 radical (unpaired) electrons. The third kappa shape index (κ3) is 5.75. The Kier molecular flexibility index (Phi) is 8.12. The predicted molar refractivity (Wildman–Crippen MR) is 129 cm³/mol. The monoisotopic (exact) mass is 518 g/mol. The van der Waals surface area contributed by atoms with E-state index in [9.17, 15) is 0 Å². The molecule has 1 fully saturated rings. The molecule has 1 aliphatic rings. The largest absolute Gasteiger partial charge is 0.490 e. The first kappa shape index (κ1) is 22.1. The second-order valence-electron chi connectivity index (χ2n) is 7.07. The smallest absolute Gasteiger partial charge is 0.193 e. The van der Waals surface area contributed by atoms with E-state index in [1.807, 2.05) is 73.8 Å². The number of para-hydroxylation sites is 1. The maximum absolute atomic E-state index is 6.08. The van der Waals surface area contributed by atoms with Gasteiger partial charge in [-0.1, -0.05) is 53.7 Å². The number of benzene rings is 2. The van der Waals surface area contributed by atoms with Crippen molar-refractivity contribution in [2.75, 3.05) is 20.1 Å². The molecule has 1 saturated heterocycles. The Balaban J connectivity index is 0.00000256. The third-order valence-corrected chi connectivity index (χ3v) is 5.04. The number of rotatable bonds is 5. The Labute approximate surface area is 194 Å². The first-order valence-corrected chi connectivity index (χ1v) is 10.00. The average Bonchev–Trinajstić information content (AvgIpc) is 3.26. The van der Waals surface area contributed by atoms with Crippen LogP contribution >= 0.6 is 24.0 Å². The standard InChI is InChI=1S/C23H26N4O2.HI/c1-24-23(25-17-19-16-22(29-26-19)18-8-4-2-5-9-18)27-14-12-21(13-15-27)28-20-10-6-3-7-11-20;/h2-11,16,21H,12-15,17H2,1H3,(H,24,25);1H. The normalized spacial score (nSPS) is 14.8. The van der Waals surface area contributed by atoms with Crippen LogP contribution in [0.2, 0.25) is 0 Å².